The van der Waals surface area contributed by atoms with Gasteiger partial charge in [0.1, 0.15) is 11.3 Å². The Morgan fingerprint density at radius 1 is 1.38 bits per heavy atom. The molecule has 0 bridgehead atoms. The van der Waals surface area contributed by atoms with E-state index in [4.69, 9.17) is 9.47 Å². The second-order valence-electron chi connectivity index (χ2n) is 2.52. The Kier molecular flexibility index (Phi) is 1.81. The molecular weight excluding hydrogens is 168 g/mol. The van der Waals surface area contributed by atoms with Crippen molar-refractivity contribution in [3.8, 4) is 11.6 Å². The average Bonchev–Trinajstić information content (AvgIpc) is 2.64. The minimum absolute atomic E-state index is 0.553. The van der Waals surface area contributed by atoms with Gasteiger partial charge in [0.05, 0.1) is 25.8 Å². The van der Waals surface area contributed by atoms with Crippen LogP contribution in [0.2, 0.25) is 0 Å². The lowest BCUT2D eigenvalue weighted by molar-refractivity contribution is 0.394. The van der Waals surface area contributed by atoms with E-state index in [9.17, 15) is 0 Å². The summed E-state index contributed by atoms with van der Waals surface area (Å²) in [5, 5.41) is 0.856. The van der Waals surface area contributed by atoms with Crippen LogP contribution in [-0.2, 0) is 0 Å². The molecule has 2 aromatic heterocycles. The van der Waals surface area contributed by atoms with Crippen LogP contribution in [0.15, 0.2) is 12.4 Å². The first-order chi connectivity index (χ1) is 6.36. The van der Waals surface area contributed by atoms with E-state index in [2.05, 4.69) is 16.0 Å². The summed E-state index contributed by atoms with van der Waals surface area (Å²) in [6.45, 7) is 0. The largest absolute Gasteiger partial charge is 0.494 e. The van der Waals surface area contributed by atoms with Gasteiger partial charge < -0.3 is 14.5 Å². The van der Waals surface area contributed by atoms with Crippen LogP contribution < -0.4 is 9.47 Å². The molecule has 0 amide bonds. The fourth-order valence-electron chi connectivity index (χ4n) is 1.24. The van der Waals surface area contributed by atoms with Crippen molar-refractivity contribution in [2.24, 2.45) is 0 Å². The van der Waals surface area contributed by atoms with Crippen molar-refractivity contribution in [1.29, 1.82) is 0 Å². The summed E-state index contributed by atoms with van der Waals surface area (Å²) >= 11 is 0. The van der Waals surface area contributed by atoms with Crippen LogP contribution in [-0.4, -0.2) is 24.2 Å². The maximum Gasteiger partial charge on any atom is 0.238 e. The Labute approximate surface area is 75.5 Å². The van der Waals surface area contributed by atoms with Crippen molar-refractivity contribution in [1.82, 2.24) is 9.97 Å². The zero-order valence-corrected chi connectivity index (χ0v) is 7.42. The lowest BCUT2D eigenvalue weighted by Crippen LogP contribution is -1.91. The molecule has 0 aliphatic rings. The van der Waals surface area contributed by atoms with E-state index in [1.807, 2.05) is 0 Å². The van der Waals surface area contributed by atoms with Crippen LogP contribution in [0.1, 0.15) is 0 Å². The number of nitrogens with zero attached hydrogens (tertiary/aromatic N) is 1. The van der Waals surface area contributed by atoms with Gasteiger partial charge in [0.15, 0.2) is 0 Å². The van der Waals surface area contributed by atoms with Gasteiger partial charge in [-0.1, -0.05) is 0 Å². The van der Waals surface area contributed by atoms with Crippen LogP contribution in [0, 0.1) is 6.07 Å². The average molecular weight is 177 g/mol. The minimum Gasteiger partial charge on any atom is -0.494 e. The first-order valence-electron chi connectivity index (χ1n) is 3.82. The van der Waals surface area contributed by atoms with E-state index in [1.165, 1.54) is 0 Å². The number of ether oxygens (including phenoxy) is 2. The van der Waals surface area contributed by atoms with Crippen molar-refractivity contribution < 1.29 is 9.47 Å². The summed E-state index contributed by atoms with van der Waals surface area (Å²) < 4.78 is 10.2. The number of aromatic nitrogens is 2. The molecule has 2 rings (SSSR count). The Bertz CT molecular complexity index is 384. The van der Waals surface area contributed by atoms with Crippen molar-refractivity contribution >= 4 is 10.9 Å². The van der Waals surface area contributed by atoms with Gasteiger partial charge in [0, 0.05) is 12.3 Å². The molecular formula is C9H9N2O2. The topological polar surface area (TPSA) is 47.1 Å². The van der Waals surface area contributed by atoms with Crippen LogP contribution in [0.3, 0.4) is 0 Å². The number of rotatable bonds is 2. The maximum atomic E-state index is 5.12. The molecule has 13 heavy (non-hydrogen) atoms. The second kappa shape index (κ2) is 2.97. The Hall–Kier alpha value is -1.71. The number of methoxy groups -OCH3 is 2. The zero-order valence-electron chi connectivity index (χ0n) is 7.42. The molecule has 0 saturated heterocycles. The van der Waals surface area contributed by atoms with Gasteiger partial charge in [0.25, 0.3) is 0 Å². The molecule has 0 atom stereocenters. The standard InChI is InChI=1S/C9H9N2O2/c1-12-7-5-11-9(13-2)8-6(7)3-4-10-8/h4-5,10H,1-2H3. The van der Waals surface area contributed by atoms with E-state index in [0.29, 0.717) is 11.6 Å². The molecule has 0 unspecified atom stereocenters. The van der Waals surface area contributed by atoms with Gasteiger partial charge >= 0.3 is 0 Å². The van der Waals surface area contributed by atoms with Gasteiger partial charge in [0.2, 0.25) is 5.88 Å². The third-order valence-electron chi connectivity index (χ3n) is 1.86. The number of pyridine rings is 1. The Balaban J connectivity index is 2.74. The number of hydrogen-bond donors (Lipinski definition) is 1. The van der Waals surface area contributed by atoms with Gasteiger partial charge in [-0.3, -0.25) is 0 Å². The quantitative estimate of drug-likeness (QED) is 0.753. The molecule has 0 aromatic carbocycles. The molecule has 2 aromatic rings. The van der Waals surface area contributed by atoms with E-state index in [-0.39, 0.29) is 0 Å². The van der Waals surface area contributed by atoms with E-state index in [1.54, 1.807) is 26.6 Å². The highest BCUT2D eigenvalue weighted by Gasteiger charge is 2.08. The maximum absolute atomic E-state index is 5.12. The van der Waals surface area contributed by atoms with E-state index < -0.39 is 0 Å². The zero-order chi connectivity index (χ0) is 9.26. The Morgan fingerprint density at radius 3 is 2.92 bits per heavy atom. The SMILES string of the molecule is COc1cnc(OC)c2[nH]c[c]c12. The lowest BCUT2D eigenvalue weighted by Gasteiger charge is -2.03. The van der Waals surface area contributed by atoms with Crippen molar-refractivity contribution in [3.05, 3.63) is 18.5 Å². The number of nitrogens with one attached hydrogen (secondary N) is 1. The van der Waals surface area contributed by atoms with Crippen molar-refractivity contribution in [3.63, 3.8) is 0 Å². The number of fused-ring (bicyclic) bond motifs is 1. The van der Waals surface area contributed by atoms with Crippen LogP contribution in [0.4, 0.5) is 0 Å². The molecule has 1 N–H and O–H groups in total. The number of hydrogen-bond acceptors (Lipinski definition) is 3. The summed E-state index contributed by atoms with van der Waals surface area (Å²) in [6.07, 6.45) is 3.32. The summed E-state index contributed by atoms with van der Waals surface area (Å²) in [5.41, 5.74) is 0.807. The molecule has 67 valence electrons. The predicted molar refractivity (Wildman–Crippen MR) is 48.0 cm³/mol. The number of aromatic amines is 1. The second-order valence-corrected chi connectivity index (χ2v) is 2.52. The monoisotopic (exact) mass is 177 g/mol. The van der Waals surface area contributed by atoms with Crippen LogP contribution in [0.25, 0.3) is 10.9 Å². The fourth-order valence-corrected chi connectivity index (χ4v) is 1.24. The summed E-state index contributed by atoms with van der Waals surface area (Å²) in [5.74, 6) is 1.24. The number of H-pyrrole nitrogens is 1. The summed E-state index contributed by atoms with van der Waals surface area (Å²) in [6, 6.07) is 3.01. The highest BCUT2D eigenvalue weighted by atomic mass is 16.5. The first-order valence-corrected chi connectivity index (χ1v) is 3.82. The normalized spacial score (nSPS) is 10.3. The van der Waals surface area contributed by atoms with Crippen molar-refractivity contribution in [2.75, 3.05) is 14.2 Å². The molecule has 0 fully saturated rings. The smallest absolute Gasteiger partial charge is 0.238 e. The van der Waals surface area contributed by atoms with Crippen LogP contribution >= 0.6 is 0 Å². The highest BCUT2D eigenvalue weighted by Crippen LogP contribution is 2.28. The highest BCUT2D eigenvalue weighted by molar-refractivity contribution is 5.88. The first kappa shape index (κ1) is 7.91. The molecule has 1 radical (unpaired) electrons. The van der Waals surface area contributed by atoms with Gasteiger partial charge in [-0.25, -0.2) is 4.98 Å². The van der Waals surface area contributed by atoms with E-state index in [0.717, 1.165) is 10.9 Å². The van der Waals surface area contributed by atoms with Gasteiger partial charge in [-0.05, 0) is 0 Å². The van der Waals surface area contributed by atoms with Crippen molar-refractivity contribution in [2.45, 2.75) is 0 Å². The third kappa shape index (κ3) is 1.11. The lowest BCUT2D eigenvalue weighted by atomic mass is 10.3. The Morgan fingerprint density at radius 2 is 2.23 bits per heavy atom. The fraction of sp³-hybridized carbons (Fsp3) is 0.222. The molecule has 0 aliphatic carbocycles. The molecule has 2 heterocycles. The summed E-state index contributed by atoms with van der Waals surface area (Å²) in [7, 11) is 3.18. The molecule has 0 spiro atoms. The molecule has 0 saturated carbocycles. The van der Waals surface area contributed by atoms with Gasteiger partial charge in [-0.2, -0.15) is 0 Å². The van der Waals surface area contributed by atoms with Crippen LogP contribution in [0.5, 0.6) is 11.6 Å². The molecule has 4 nitrogen and oxygen atoms in total. The summed E-state index contributed by atoms with van der Waals surface area (Å²) in [4.78, 5) is 7.06. The molecule has 0 aliphatic heterocycles. The van der Waals surface area contributed by atoms with E-state index >= 15 is 0 Å². The minimum atomic E-state index is 0.553. The third-order valence-corrected chi connectivity index (χ3v) is 1.86. The molecule has 4 heteroatoms. The predicted octanol–water partition coefficient (Wildman–Crippen LogP) is 1.38. The van der Waals surface area contributed by atoms with Gasteiger partial charge in [-0.15, -0.1) is 0 Å².